The molecule has 5 amide bonds. The van der Waals surface area contributed by atoms with Gasteiger partial charge in [-0.1, -0.05) is 29.8 Å². The zero-order valence-corrected chi connectivity index (χ0v) is 32.6. The maximum atomic E-state index is 16.0. The van der Waals surface area contributed by atoms with E-state index in [1.54, 1.807) is 29.2 Å². The number of halogens is 2. The molecule has 0 bridgehead atoms. The topological polar surface area (TPSA) is 150 Å². The fraction of sp³-hybridized carbons (Fsp3) is 0.326. The van der Waals surface area contributed by atoms with E-state index >= 15 is 4.39 Å². The number of hydrogen-bond donors (Lipinski definition) is 1. The minimum absolute atomic E-state index is 0.0607. The third-order valence-corrected chi connectivity index (χ3v) is 12.3. The second kappa shape index (κ2) is 13.7. The van der Waals surface area contributed by atoms with Gasteiger partial charge < -0.3 is 9.80 Å². The van der Waals surface area contributed by atoms with Crippen LogP contribution in [0, 0.1) is 11.3 Å². The zero-order chi connectivity index (χ0) is 40.7. The quantitative estimate of drug-likeness (QED) is 0.254. The van der Waals surface area contributed by atoms with Gasteiger partial charge in [-0.2, -0.15) is 5.26 Å². The highest BCUT2D eigenvalue weighted by Crippen LogP contribution is 2.47. The average molecular weight is 801 g/mol. The van der Waals surface area contributed by atoms with Gasteiger partial charge in [0.2, 0.25) is 17.7 Å². The van der Waals surface area contributed by atoms with Crippen LogP contribution in [0.5, 0.6) is 0 Å². The van der Waals surface area contributed by atoms with Crippen molar-refractivity contribution < 1.29 is 28.4 Å². The molecule has 3 aromatic carbocycles. The summed E-state index contributed by atoms with van der Waals surface area (Å²) < 4.78 is 16.0. The molecule has 0 saturated carbocycles. The molecule has 3 saturated heterocycles. The normalized spacial score (nSPS) is 21.2. The van der Waals surface area contributed by atoms with Gasteiger partial charge in [-0.05, 0) is 85.5 Å². The van der Waals surface area contributed by atoms with Crippen LogP contribution in [-0.2, 0) is 19.8 Å². The summed E-state index contributed by atoms with van der Waals surface area (Å²) in [4.78, 5) is 77.0. The summed E-state index contributed by atoms with van der Waals surface area (Å²) in [6, 6.07) is 21.5. The standard InChI is InChI=1S/C43H38ClFN8O5/c1-42(2)32-17-26(5-10-35(32)52(41(42)58)29-19-33(44)34(20-46)47-21-29)25-3-6-27(7-4-25)51-23-43(45,24-51)22-49-13-15-50(16-14-49)28-8-9-30-31(18-28)40(57)53(39(30)56)36-11-12-37(54)48-38(36)55/h3-10,17-19,21,36H,11-16,22-24H2,1-2H3,(H,48,54,55). The molecule has 0 aliphatic carbocycles. The lowest BCUT2D eigenvalue weighted by Crippen LogP contribution is -2.65. The first-order chi connectivity index (χ1) is 27.7. The van der Waals surface area contributed by atoms with Crippen molar-refractivity contribution in [1.82, 2.24) is 20.1 Å². The summed E-state index contributed by atoms with van der Waals surface area (Å²) in [5.41, 5.74) is 4.11. The van der Waals surface area contributed by atoms with Gasteiger partial charge in [0.05, 0.1) is 52.2 Å². The molecule has 5 aliphatic rings. The van der Waals surface area contributed by atoms with Crippen LogP contribution in [0.15, 0.2) is 72.9 Å². The number of piperazine rings is 1. The van der Waals surface area contributed by atoms with E-state index in [4.69, 9.17) is 11.6 Å². The van der Waals surface area contributed by atoms with Crippen LogP contribution >= 0.6 is 11.6 Å². The molecule has 9 rings (SSSR count). The number of pyridine rings is 1. The fourth-order valence-electron chi connectivity index (χ4n) is 8.81. The number of nitrogens with zero attached hydrogens (tertiary/aromatic N) is 7. The van der Waals surface area contributed by atoms with Crippen molar-refractivity contribution in [1.29, 1.82) is 5.26 Å². The average Bonchev–Trinajstić information content (AvgIpc) is 3.56. The van der Waals surface area contributed by atoms with Crippen LogP contribution in [0.25, 0.3) is 11.1 Å². The summed E-state index contributed by atoms with van der Waals surface area (Å²) in [6.07, 6.45) is 1.65. The number of nitrogens with one attached hydrogen (secondary N) is 1. The number of carbonyl (C=O) groups is 5. The predicted octanol–water partition coefficient (Wildman–Crippen LogP) is 4.98. The highest BCUT2D eigenvalue weighted by atomic mass is 35.5. The molecule has 1 aromatic heterocycles. The Hall–Kier alpha value is -6.17. The number of carbonyl (C=O) groups excluding carboxylic acids is 5. The van der Waals surface area contributed by atoms with E-state index in [1.165, 1.54) is 6.20 Å². The molecule has 15 heteroatoms. The molecule has 1 atom stereocenters. The van der Waals surface area contributed by atoms with Crippen LogP contribution in [0.1, 0.15) is 58.7 Å². The number of imide groups is 2. The summed E-state index contributed by atoms with van der Waals surface area (Å²) in [7, 11) is 0. The van der Waals surface area contributed by atoms with Gasteiger partial charge >= 0.3 is 0 Å². The fourth-order valence-corrected chi connectivity index (χ4v) is 9.01. The van der Waals surface area contributed by atoms with Gasteiger partial charge in [0.25, 0.3) is 11.8 Å². The Kier molecular flexibility index (Phi) is 8.86. The Morgan fingerprint density at radius 2 is 1.53 bits per heavy atom. The highest BCUT2D eigenvalue weighted by molar-refractivity contribution is 6.32. The van der Waals surface area contributed by atoms with Crippen LogP contribution < -0.4 is 20.0 Å². The molecule has 58 heavy (non-hydrogen) atoms. The summed E-state index contributed by atoms with van der Waals surface area (Å²) in [5, 5.41) is 11.6. The predicted molar refractivity (Wildman–Crippen MR) is 214 cm³/mol. The van der Waals surface area contributed by atoms with E-state index < -0.39 is 40.8 Å². The van der Waals surface area contributed by atoms with Crippen molar-refractivity contribution in [3.05, 3.63) is 100 Å². The van der Waals surface area contributed by atoms with Crippen LogP contribution in [0.3, 0.4) is 0 Å². The number of amides is 5. The van der Waals surface area contributed by atoms with Crippen LogP contribution in [0.2, 0.25) is 5.02 Å². The molecule has 1 unspecified atom stereocenters. The van der Waals surface area contributed by atoms with E-state index in [0.29, 0.717) is 38.4 Å². The Labute approximate surface area is 338 Å². The van der Waals surface area contributed by atoms with E-state index in [2.05, 4.69) is 20.1 Å². The molecular weight excluding hydrogens is 763 g/mol. The number of fused-ring (bicyclic) bond motifs is 2. The first-order valence-electron chi connectivity index (χ1n) is 19.2. The Bertz CT molecular complexity index is 2490. The third kappa shape index (κ3) is 6.16. The lowest BCUT2D eigenvalue weighted by Gasteiger charge is -2.49. The molecule has 6 heterocycles. The second-order valence-electron chi connectivity index (χ2n) is 16.1. The van der Waals surface area contributed by atoms with Crippen LogP contribution in [0.4, 0.5) is 27.1 Å². The summed E-state index contributed by atoms with van der Waals surface area (Å²) >= 11 is 6.26. The SMILES string of the molecule is CC1(C)C(=O)N(c2cnc(C#N)c(Cl)c2)c2ccc(-c3ccc(N4CC(F)(CN5CCN(c6ccc7c(c6)C(=O)N(C6CCC(=O)NC6=O)C7=O)CC5)C4)cc3)cc21. The summed E-state index contributed by atoms with van der Waals surface area (Å²) in [6.45, 7) is 7.12. The van der Waals surface area contributed by atoms with Crippen molar-refractivity contribution in [3.63, 3.8) is 0 Å². The minimum Gasteiger partial charge on any atom is -0.369 e. The maximum Gasteiger partial charge on any atom is 0.262 e. The van der Waals surface area contributed by atoms with Gasteiger partial charge in [0.15, 0.2) is 11.4 Å². The monoisotopic (exact) mass is 800 g/mol. The Morgan fingerprint density at radius 1 is 0.845 bits per heavy atom. The molecule has 5 aliphatic heterocycles. The van der Waals surface area contributed by atoms with Crippen molar-refractivity contribution in [3.8, 4) is 17.2 Å². The van der Waals surface area contributed by atoms with E-state index in [-0.39, 0.29) is 53.7 Å². The number of benzene rings is 3. The molecule has 4 aromatic rings. The minimum atomic E-state index is -1.36. The molecule has 294 valence electrons. The first-order valence-corrected chi connectivity index (χ1v) is 19.5. The van der Waals surface area contributed by atoms with E-state index in [0.717, 1.165) is 38.7 Å². The van der Waals surface area contributed by atoms with Crippen molar-refractivity contribution >= 4 is 63.9 Å². The zero-order valence-electron chi connectivity index (χ0n) is 31.8. The van der Waals surface area contributed by atoms with Gasteiger partial charge in [-0.3, -0.25) is 44.0 Å². The number of piperidine rings is 1. The summed E-state index contributed by atoms with van der Waals surface area (Å²) in [5.74, 6) is -2.26. The molecule has 1 N–H and O–H groups in total. The Morgan fingerprint density at radius 3 is 2.22 bits per heavy atom. The molecule has 0 spiro atoms. The highest BCUT2D eigenvalue weighted by Gasteiger charge is 2.47. The van der Waals surface area contributed by atoms with Crippen molar-refractivity contribution in [2.24, 2.45) is 0 Å². The first kappa shape index (κ1) is 37.4. The number of nitriles is 1. The van der Waals surface area contributed by atoms with E-state index in [9.17, 15) is 29.2 Å². The van der Waals surface area contributed by atoms with Crippen molar-refractivity contribution in [2.75, 3.05) is 60.5 Å². The number of rotatable bonds is 7. The largest absolute Gasteiger partial charge is 0.369 e. The second-order valence-corrected chi connectivity index (χ2v) is 16.5. The number of aromatic nitrogens is 1. The number of anilines is 4. The Balaban J connectivity index is 0.802. The van der Waals surface area contributed by atoms with Gasteiger partial charge in [0, 0.05) is 50.5 Å². The molecule has 3 fully saturated rings. The maximum absolute atomic E-state index is 16.0. The number of alkyl halides is 1. The molecular formula is C43H38ClFN8O5. The van der Waals surface area contributed by atoms with Gasteiger partial charge in [0.1, 0.15) is 12.1 Å². The lowest BCUT2D eigenvalue weighted by atomic mass is 9.84. The third-order valence-electron chi connectivity index (χ3n) is 12.0. The lowest BCUT2D eigenvalue weighted by molar-refractivity contribution is -0.136. The van der Waals surface area contributed by atoms with Crippen LogP contribution in [-0.4, -0.2) is 102 Å². The van der Waals surface area contributed by atoms with Crippen molar-refractivity contribution in [2.45, 2.75) is 43.8 Å². The van der Waals surface area contributed by atoms with Gasteiger partial charge in [-0.25, -0.2) is 9.37 Å². The van der Waals surface area contributed by atoms with Gasteiger partial charge in [-0.15, -0.1) is 0 Å². The smallest absolute Gasteiger partial charge is 0.262 e. The van der Waals surface area contributed by atoms with E-state index in [1.807, 2.05) is 67.3 Å². The number of hydrogen-bond acceptors (Lipinski definition) is 10. The molecule has 0 radical (unpaired) electrons. The molecule has 13 nitrogen and oxygen atoms in total.